The third-order valence-corrected chi connectivity index (χ3v) is 6.77. The molecule has 156 valence electrons. The van der Waals surface area contributed by atoms with E-state index in [4.69, 9.17) is 5.11 Å². The van der Waals surface area contributed by atoms with E-state index in [0.29, 0.717) is 24.0 Å². The number of likely N-dealkylation sites (N-methyl/N-ethyl adjacent to an activating group) is 1. The second-order valence-corrected chi connectivity index (χ2v) is 9.03. The number of aliphatic hydroxyl groups is 1. The number of benzene rings is 1. The summed E-state index contributed by atoms with van der Waals surface area (Å²) in [5.41, 5.74) is 1.66. The van der Waals surface area contributed by atoms with Gasteiger partial charge < -0.3 is 15.5 Å². The SMILES string of the molecule is CCN(CC(=O)O)C1CC(NC2CCC(O)(c3ccc(C(C)C)cc3)CC2)C1. The molecule has 2 fully saturated rings. The van der Waals surface area contributed by atoms with Crippen LogP contribution in [0.15, 0.2) is 24.3 Å². The first-order chi connectivity index (χ1) is 13.3. The van der Waals surface area contributed by atoms with E-state index < -0.39 is 11.6 Å². The maximum absolute atomic E-state index is 11.1. The maximum Gasteiger partial charge on any atom is 0.317 e. The summed E-state index contributed by atoms with van der Waals surface area (Å²) in [6.45, 7) is 7.33. The zero-order chi connectivity index (χ0) is 20.3. The molecule has 3 rings (SSSR count). The summed E-state index contributed by atoms with van der Waals surface area (Å²) < 4.78 is 0. The van der Waals surface area contributed by atoms with Crippen LogP contribution in [0.1, 0.15) is 76.3 Å². The number of hydrogen-bond acceptors (Lipinski definition) is 4. The lowest BCUT2D eigenvalue weighted by molar-refractivity contribution is -0.139. The zero-order valence-electron chi connectivity index (χ0n) is 17.5. The summed E-state index contributed by atoms with van der Waals surface area (Å²) in [6.07, 6.45) is 5.60. The molecule has 3 N–H and O–H groups in total. The van der Waals surface area contributed by atoms with E-state index in [0.717, 1.165) is 50.6 Å². The first-order valence-corrected chi connectivity index (χ1v) is 10.9. The molecule has 0 bridgehead atoms. The van der Waals surface area contributed by atoms with Gasteiger partial charge in [0.05, 0.1) is 12.1 Å². The van der Waals surface area contributed by atoms with Gasteiger partial charge in [-0.15, -0.1) is 0 Å². The monoisotopic (exact) mass is 388 g/mol. The number of hydrogen-bond donors (Lipinski definition) is 3. The average molecular weight is 389 g/mol. The number of nitrogens with zero attached hydrogens (tertiary/aromatic N) is 1. The van der Waals surface area contributed by atoms with Crippen LogP contribution in [0, 0.1) is 0 Å². The van der Waals surface area contributed by atoms with Crippen LogP contribution in [0.2, 0.25) is 0 Å². The van der Waals surface area contributed by atoms with Crippen LogP contribution in [0.25, 0.3) is 0 Å². The van der Waals surface area contributed by atoms with Crippen LogP contribution in [0.3, 0.4) is 0 Å². The Balaban J connectivity index is 1.45. The molecule has 2 aliphatic rings. The smallest absolute Gasteiger partial charge is 0.317 e. The second-order valence-electron chi connectivity index (χ2n) is 9.03. The minimum absolute atomic E-state index is 0.139. The van der Waals surface area contributed by atoms with Gasteiger partial charge in [0.1, 0.15) is 0 Å². The maximum atomic E-state index is 11.1. The fraction of sp³-hybridized carbons (Fsp3) is 0.696. The molecule has 0 radical (unpaired) electrons. The van der Waals surface area contributed by atoms with Crippen molar-refractivity contribution >= 4 is 5.97 Å². The van der Waals surface area contributed by atoms with Crippen LogP contribution in [0.5, 0.6) is 0 Å². The Morgan fingerprint density at radius 2 is 1.79 bits per heavy atom. The molecule has 0 aromatic heterocycles. The summed E-state index contributed by atoms with van der Waals surface area (Å²) in [5, 5.41) is 23.9. The normalized spacial score (nSPS) is 30.4. The molecule has 28 heavy (non-hydrogen) atoms. The van der Waals surface area contributed by atoms with Crippen molar-refractivity contribution in [2.24, 2.45) is 0 Å². The fourth-order valence-electron chi connectivity index (χ4n) is 4.76. The lowest BCUT2D eigenvalue weighted by atomic mass is 9.76. The molecule has 0 atom stereocenters. The van der Waals surface area contributed by atoms with Crippen molar-refractivity contribution in [3.63, 3.8) is 0 Å². The molecule has 0 amide bonds. The van der Waals surface area contributed by atoms with Gasteiger partial charge in [0.2, 0.25) is 0 Å². The quantitative estimate of drug-likeness (QED) is 0.636. The van der Waals surface area contributed by atoms with E-state index in [2.05, 4.69) is 48.3 Å². The Bertz CT molecular complexity index is 644. The lowest BCUT2D eigenvalue weighted by Gasteiger charge is -2.45. The molecule has 2 aliphatic carbocycles. The molecule has 5 heteroatoms. The van der Waals surface area contributed by atoms with E-state index in [1.807, 2.05) is 6.92 Å². The van der Waals surface area contributed by atoms with Gasteiger partial charge in [-0.1, -0.05) is 45.0 Å². The van der Waals surface area contributed by atoms with E-state index in [1.165, 1.54) is 5.56 Å². The highest BCUT2D eigenvalue weighted by atomic mass is 16.4. The Hall–Kier alpha value is -1.43. The van der Waals surface area contributed by atoms with Crippen molar-refractivity contribution in [2.75, 3.05) is 13.1 Å². The van der Waals surface area contributed by atoms with Gasteiger partial charge in [0.15, 0.2) is 0 Å². The van der Waals surface area contributed by atoms with Gasteiger partial charge in [-0.25, -0.2) is 0 Å². The molecule has 1 aromatic carbocycles. The number of carboxylic acids is 1. The minimum Gasteiger partial charge on any atom is -0.480 e. The van der Waals surface area contributed by atoms with E-state index >= 15 is 0 Å². The number of carbonyl (C=O) groups is 1. The van der Waals surface area contributed by atoms with Crippen molar-refractivity contribution in [1.29, 1.82) is 0 Å². The Morgan fingerprint density at radius 3 is 2.29 bits per heavy atom. The second kappa shape index (κ2) is 8.93. The summed E-state index contributed by atoms with van der Waals surface area (Å²) in [4.78, 5) is 13.0. The molecule has 0 unspecified atom stereocenters. The Kier molecular flexibility index (Phi) is 6.79. The Morgan fingerprint density at radius 1 is 1.18 bits per heavy atom. The van der Waals surface area contributed by atoms with E-state index in [-0.39, 0.29) is 6.54 Å². The molecular weight excluding hydrogens is 352 g/mol. The van der Waals surface area contributed by atoms with Crippen LogP contribution in [0.4, 0.5) is 0 Å². The molecule has 2 saturated carbocycles. The Labute approximate surface area is 169 Å². The van der Waals surface area contributed by atoms with Gasteiger partial charge in [-0.2, -0.15) is 0 Å². The van der Waals surface area contributed by atoms with E-state index in [1.54, 1.807) is 0 Å². The van der Waals surface area contributed by atoms with Crippen molar-refractivity contribution in [3.05, 3.63) is 35.4 Å². The van der Waals surface area contributed by atoms with Gasteiger partial charge in [-0.3, -0.25) is 9.69 Å². The first kappa shape index (κ1) is 21.3. The van der Waals surface area contributed by atoms with Crippen LogP contribution < -0.4 is 5.32 Å². The predicted octanol–water partition coefficient (Wildman–Crippen LogP) is 3.47. The topological polar surface area (TPSA) is 72.8 Å². The summed E-state index contributed by atoms with van der Waals surface area (Å²) >= 11 is 0. The molecule has 0 heterocycles. The predicted molar refractivity (Wildman–Crippen MR) is 112 cm³/mol. The van der Waals surface area contributed by atoms with Gasteiger partial charge in [0, 0.05) is 18.1 Å². The molecule has 0 aliphatic heterocycles. The molecular formula is C23H36N2O3. The number of carboxylic acid groups (broad SMARTS) is 1. The summed E-state index contributed by atoms with van der Waals surface area (Å²) in [7, 11) is 0. The molecule has 0 saturated heterocycles. The fourth-order valence-corrected chi connectivity index (χ4v) is 4.76. The lowest BCUT2D eigenvalue weighted by Crippen LogP contribution is -2.56. The van der Waals surface area contributed by atoms with Crippen molar-refractivity contribution in [2.45, 2.75) is 88.9 Å². The largest absolute Gasteiger partial charge is 0.480 e. The van der Waals surface area contributed by atoms with Crippen LogP contribution in [-0.2, 0) is 10.4 Å². The molecule has 0 spiro atoms. The van der Waals surface area contributed by atoms with Crippen molar-refractivity contribution in [3.8, 4) is 0 Å². The summed E-state index contributed by atoms with van der Waals surface area (Å²) in [5.74, 6) is -0.236. The van der Waals surface area contributed by atoms with E-state index in [9.17, 15) is 9.90 Å². The van der Waals surface area contributed by atoms with Crippen molar-refractivity contribution < 1.29 is 15.0 Å². The highest BCUT2D eigenvalue weighted by molar-refractivity contribution is 5.69. The average Bonchev–Trinajstić information content (AvgIpc) is 2.64. The van der Waals surface area contributed by atoms with Crippen LogP contribution in [-0.4, -0.2) is 52.3 Å². The van der Waals surface area contributed by atoms with Crippen LogP contribution >= 0.6 is 0 Å². The highest BCUT2D eigenvalue weighted by Gasteiger charge is 2.38. The zero-order valence-corrected chi connectivity index (χ0v) is 17.5. The third-order valence-electron chi connectivity index (χ3n) is 6.77. The number of rotatable bonds is 8. The molecule has 5 nitrogen and oxygen atoms in total. The first-order valence-electron chi connectivity index (χ1n) is 10.9. The van der Waals surface area contributed by atoms with Crippen molar-refractivity contribution in [1.82, 2.24) is 10.2 Å². The van der Waals surface area contributed by atoms with Gasteiger partial charge in [-0.05, 0) is 62.1 Å². The van der Waals surface area contributed by atoms with Gasteiger partial charge in [0.25, 0.3) is 0 Å². The highest BCUT2D eigenvalue weighted by Crippen LogP contribution is 2.38. The summed E-state index contributed by atoms with van der Waals surface area (Å²) in [6, 6.07) is 9.81. The number of nitrogens with one attached hydrogen (secondary N) is 1. The molecule has 1 aromatic rings. The van der Waals surface area contributed by atoms with Gasteiger partial charge >= 0.3 is 5.97 Å². The standard InChI is InChI=1S/C23H36N2O3/c1-4-25(15-22(26)27)21-13-20(14-21)24-19-9-11-23(28,12-10-19)18-7-5-17(6-8-18)16(2)3/h5-8,16,19-21,24,28H,4,9-15H2,1-3H3,(H,26,27). The minimum atomic E-state index is -0.744. The number of aliphatic carboxylic acids is 1. The third kappa shape index (κ3) is 4.94.